The zero-order valence-corrected chi connectivity index (χ0v) is 12.3. The Morgan fingerprint density at radius 2 is 2.05 bits per heavy atom. The lowest BCUT2D eigenvalue weighted by atomic mass is 10.1. The van der Waals surface area contributed by atoms with E-state index in [4.69, 9.17) is 16.3 Å². The van der Waals surface area contributed by atoms with Crippen molar-refractivity contribution in [3.05, 3.63) is 78.8 Å². The van der Waals surface area contributed by atoms with Gasteiger partial charge >= 0.3 is 0 Å². The number of nitrogens with zero attached hydrogens (tertiary/aromatic N) is 2. The number of hydrogen-bond acceptors (Lipinski definition) is 3. The molecule has 0 aliphatic heterocycles. The number of hydrogen-bond donors (Lipinski definition) is 0. The first-order chi connectivity index (χ1) is 10.2. The monoisotopic (exact) mass is 298 g/mol. The van der Waals surface area contributed by atoms with Crippen LogP contribution in [-0.4, -0.2) is 16.6 Å². The van der Waals surface area contributed by atoms with Crippen LogP contribution in [0.4, 0.5) is 0 Å². The molecule has 0 saturated heterocycles. The van der Waals surface area contributed by atoms with Gasteiger partial charge in [0.25, 0.3) is 0 Å². The number of para-hydroxylation sites is 1. The second-order valence-corrected chi connectivity index (χ2v) is 4.58. The van der Waals surface area contributed by atoms with Gasteiger partial charge in [-0.05, 0) is 17.7 Å². The number of rotatable bonds is 6. The SMILES string of the molecule is C=C/C=C(\C=C)COc1ccccc1-c1cc(Cl)ncn1. The summed E-state index contributed by atoms with van der Waals surface area (Å²) in [5.74, 6) is 0.726. The largest absolute Gasteiger partial charge is 0.488 e. The van der Waals surface area contributed by atoms with E-state index in [1.807, 2.05) is 30.3 Å². The fraction of sp³-hybridized carbons (Fsp3) is 0.0588. The lowest BCUT2D eigenvalue weighted by Crippen LogP contribution is -2.01. The van der Waals surface area contributed by atoms with Gasteiger partial charge in [-0.3, -0.25) is 0 Å². The van der Waals surface area contributed by atoms with E-state index in [-0.39, 0.29) is 0 Å². The molecule has 1 aromatic heterocycles. The number of aromatic nitrogens is 2. The molecule has 21 heavy (non-hydrogen) atoms. The Kier molecular flexibility index (Phi) is 5.29. The fourth-order valence-electron chi connectivity index (χ4n) is 1.77. The Labute approximate surface area is 129 Å². The second kappa shape index (κ2) is 7.41. The van der Waals surface area contributed by atoms with Crippen LogP contribution in [0.5, 0.6) is 5.75 Å². The normalized spacial score (nSPS) is 11.0. The molecule has 0 unspecified atom stereocenters. The lowest BCUT2D eigenvalue weighted by Gasteiger charge is -2.11. The summed E-state index contributed by atoms with van der Waals surface area (Å²) in [7, 11) is 0. The molecular weight excluding hydrogens is 284 g/mol. The Hall–Kier alpha value is -2.39. The number of ether oxygens (including phenoxy) is 1. The van der Waals surface area contributed by atoms with Crippen LogP contribution < -0.4 is 4.74 Å². The van der Waals surface area contributed by atoms with Gasteiger partial charge in [-0.2, -0.15) is 0 Å². The fourth-order valence-corrected chi connectivity index (χ4v) is 1.92. The van der Waals surface area contributed by atoms with Gasteiger partial charge in [0.1, 0.15) is 23.8 Å². The van der Waals surface area contributed by atoms with Crippen LogP contribution in [-0.2, 0) is 0 Å². The molecule has 0 aliphatic carbocycles. The van der Waals surface area contributed by atoms with E-state index in [9.17, 15) is 0 Å². The molecule has 0 amide bonds. The van der Waals surface area contributed by atoms with E-state index in [1.165, 1.54) is 6.33 Å². The highest BCUT2D eigenvalue weighted by molar-refractivity contribution is 6.29. The quantitative estimate of drug-likeness (QED) is 0.583. The summed E-state index contributed by atoms with van der Waals surface area (Å²) in [5.41, 5.74) is 2.53. The molecule has 0 bridgehead atoms. The zero-order valence-electron chi connectivity index (χ0n) is 11.5. The Morgan fingerprint density at radius 1 is 1.24 bits per heavy atom. The van der Waals surface area contributed by atoms with Crippen molar-refractivity contribution < 1.29 is 4.74 Å². The maximum absolute atomic E-state index is 5.91. The van der Waals surface area contributed by atoms with Gasteiger partial charge in [0, 0.05) is 11.6 Å². The van der Waals surface area contributed by atoms with Crippen LogP contribution in [0.15, 0.2) is 73.6 Å². The van der Waals surface area contributed by atoms with Gasteiger partial charge < -0.3 is 4.74 Å². The van der Waals surface area contributed by atoms with Crippen molar-refractivity contribution in [1.82, 2.24) is 9.97 Å². The lowest BCUT2D eigenvalue weighted by molar-refractivity contribution is 0.357. The summed E-state index contributed by atoms with van der Waals surface area (Å²) in [6, 6.07) is 9.36. The minimum Gasteiger partial charge on any atom is -0.488 e. The Bertz CT molecular complexity index is 680. The third-order valence-electron chi connectivity index (χ3n) is 2.79. The number of halogens is 1. The van der Waals surface area contributed by atoms with Crippen molar-refractivity contribution in [1.29, 1.82) is 0 Å². The Morgan fingerprint density at radius 3 is 2.76 bits per heavy atom. The van der Waals surface area contributed by atoms with E-state index in [0.29, 0.717) is 11.8 Å². The van der Waals surface area contributed by atoms with E-state index in [2.05, 4.69) is 23.1 Å². The molecule has 2 aromatic rings. The predicted molar refractivity (Wildman–Crippen MR) is 86.5 cm³/mol. The first-order valence-corrected chi connectivity index (χ1v) is 6.76. The zero-order chi connectivity index (χ0) is 15.1. The molecule has 1 aromatic carbocycles. The average Bonchev–Trinajstić information content (AvgIpc) is 2.51. The van der Waals surface area contributed by atoms with E-state index in [1.54, 1.807) is 18.2 Å². The smallest absolute Gasteiger partial charge is 0.133 e. The van der Waals surface area contributed by atoms with Crippen LogP contribution >= 0.6 is 11.6 Å². The number of allylic oxidation sites excluding steroid dienone is 2. The molecule has 2 rings (SSSR count). The molecule has 0 fully saturated rings. The summed E-state index contributed by atoms with van der Waals surface area (Å²) < 4.78 is 5.85. The minimum atomic E-state index is 0.396. The van der Waals surface area contributed by atoms with Crippen molar-refractivity contribution in [2.75, 3.05) is 6.61 Å². The van der Waals surface area contributed by atoms with Crippen molar-refractivity contribution in [3.8, 4) is 17.0 Å². The maximum atomic E-state index is 5.91. The standard InChI is InChI=1S/C17H15ClN2O/c1-3-7-13(4-2)11-21-16-9-6-5-8-14(16)15-10-17(18)20-12-19-15/h3-10,12H,1-2,11H2/b13-7+. The van der Waals surface area contributed by atoms with Crippen LogP contribution in [0.2, 0.25) is 5.15 Å². The summed E-state index contributed by atoms with van der Waals surface area (Å²) in [4.78, 5) is 8.11. The predicted octanol–water partition coefficient (Wildman–Crippen LogP) is 4.47. The highest BCUT2D eigenvalue weighted by Crippen LogP contribution is 2.29. The molecular formula is C17H15ClN2O. The van der Waals surface area contributed by atoms with Gasteiger partial charge in [-0.1, -0.05) is 55.1 Å². The Balaban J connectivity index is 2.27. The molecule has 0 radical (unpaired) electrons. The number of benzene rings is 1. The second-order valence-electron chi connectivity index (χ2n) is 4.19. The molecule has 0 atom stereocenters. The molecule has 0 saturated carbocycles. The van der Waals surface area contributed by atoms with Crippen LogP contribution in [0, 0.1) is 0 Å². The maximum Gasteiger partial charge on any atom is 0.133 e. The average molecular weight is 299 g/mol. The van der Waals surface area contributed by atoms with Gasteiger partial charge in [-0.15, -0.1) is 0 Å². The third-order valence-corrected chi connectivity index (χ3v) is 2.99. The molecule has 4 heteroatoms. The summed E-state index contributed by atoms with van der Waals surface area (Å²) in [6.07, 6.45) is 6.74. The summed E-state index contributed by atoms with van der Waals surface area (Å²) >= 11 is 5.91. The summed E-state index contributed by atoms with van der Waals surface area (Å²) in [6.45, 7) is 7.83. The molecule has 0 aliphatic rings. The molecule has 1 heterocycles. The van der Waals surface area contributed by atoms with Crippen molar-refractivity contribution in [2.24, 2.45) is 0 Å². The van der Waals surface area contributed by atoms with Crippen LogP contribution in [0.1, 0.15) is 0 Å². The third kappa shape index (κ3) is 4.04. The molecule has 0 N–H and O–H groups in total. The van der Waals surface area contributed by atoms with Crippen molar-refractivity contribution in [2.45, 2.75) is 0 Å². The van der Waals surface area contributed by atoms with Gasteiger partial charge in [0.05, 0.1) is 5.69 Å². The van der Waals surface area contributed by atoms with Crippen molar-refractivity contribution in [3.63, 3.8) is 0 Å². The van der Waals surface area contributed by atoms with Crippen LogP contribution in [0.25, 0.3) is 11.3 Å². The van der Waals surface area contributed by atoms with E-state index in [0.717, 1.165) is 22.6 Å². The summed E-state index contributed by atoms with van der Waals surface area (Å²) in [5, 5.41) is 0.396. The highest BCUT2D eigenvalue weighted by Gasteiger charge is 2.08. The first-order valence-electron chi connectivity index (χ1n) is 6.38. The first kappa shape index (κ1) is 15.0. The molecule has 3 nitrogen and oxygen atoms in total. The van der Waals surface area contributed by atoms with Crippen molar-refractivity contribution >= 4 is 11.6 Å². The molecule has 106 valence electrons. The van der Waals surface area contributed by atoms with Gasteiger partial charge in [0.2, 0.25) is 0 Å². The van der Waals surface area contributed by atoms with E-state index < -0.39 is 0 Å². The molecule has 0 spiro atoms. The topological polar surface area (TPSA) is 35.0 Å². The highest BCUT2D eigenvalue weighted by atomic mass is 35.5. The minimum absolute atomic E-state index is 0.396. The van der Waals surface area contributed by atoms with Gasteiger partial charge in [-0.25, -0.2) is 9.97 Å². The van der Waals surface area contributed by atoms with E-state index >= 15 is 0 Å². The van der Waals surface area contributed by atoms with Gasteiger partial charge in [0.15, 0.2) is 0 Å². The van der Waals surface area contributed by atoms with Crippen LogP contribution in [0.3, 0.4) is 0 Å².